The van der Waals surface area contributed by atoms with Crippen molar-refractivity contribution in [1.29, 1.82) is 0 Å². The van der Waals surface area contributed by atoms with Crippen LogP contribution in [0, 0.1) is 5.82 Å². The molecular formula is C16H15FN2O2S. The van der Waals surface area contributed by atoms with E-state index < -0.39 is 5.82 Å². The number of rotatable bonds is 5. The number of hydrogen-bond donors (Lipinski definition) is 3. The zero-order chi connectivity index (χ0) is 15.9. The Morgan fingerprint density at radius 2 is 1.50 bits per heavy atom. The van der Waals surface area contributed by atoms with Gasteiger partial charge in [0, 0.05) is 23.5 Å². The van der Waals surface area contributed by atoms with Gasteiger partial charge in [0.1, 0.15) is 5.82 Å². The summed E-state index contributed by atoms with van der Waals surface area (Å²) in [6.07, 6.45) is 0. The topological polar surface area (TPSA) is 58.2 Å². The fourth-order valence-corrected chi connectivity index (χ4v) is 2.08. The first-order valence-corrected chi connectivity index (χ1v) is 7.12. The average Bonchev–Trinajstić information content (AvgIpc) is 2.52. The van der Waals surface area contributed by atoms with Crippen LogP contribution < -0.4 is 10.6 Å². The lowest BCUT2D eigenvalue weighted by Gasteiger charge is -2.08. The first-order valence-electron chi connectivity index (χ1n) is 6.68. The molecule has 2 amide bonds. The molecule has 22 heavy (non-hydrogen) atoms. The predicted octanol–water partition coefficient (Wildman–Crippen LogP) is 2.27. The van der Waals surface area contributed by atoms with Gasteiger partial charge >= 0.3 is 0 Å². The highest BCUT2D eigenvalue weighted by Crippen LogP contribution is 2.12. The maximum Gasteiger partial charge on any atom is 0.252 e. The maximum atomic E-state index is 12.8. The van der Waals surface area contributed by atoms with E-state index in [9.17, 15) is 14.0 Å². The van der Waals surface area contributed by atoms with Crippen molar-refractivity contribution in [3.63, 3.8) is 0 Å². The highest BCUT2D eigenvalue weighted by Gasteiger charge is 2.08. The lowest BCUT2D eigenvalue weighted by molar-refractivity contribution is 0.0926. The minimum Gasteiger partial charge on any atom is -0.350 e. The monoisotopic (exact) mass is 318 g/mol. The number of carbonyl (C=O) groups is 2. The molecule has 0 aliphatic heterocycles. The lowest BCUT2D eigenvalue weighted by Crippen LogP contribution is -2.34. The summed E-state index contributed by atoms with van der Waals surface area (Å²) in [5.74, 6) is -0.959. The smallest absolute Gasteiger partial charge is 0.252 e. The Kier molecular flexibility index (Phi) is 5.55. The summed E-state index contributed by atoms with van der Waals surface area (Å²) in [5.41, 5.74) is 0.851. The molecular weight excluding hydrogens is 303 g/mol. The standard InChI is InChI=1S/C16H15FN2O2S/c17-12-7-5-11(6-8-12)15(20)18-9-10-19-16(21)13-3-1-2-4-14(13)22/h1-8,22H,9-10H2,(H,18,20)(H,19,21). The molecule has 0 aliphatic carbocycles. The van der Waals surface area contributed by atoms with Gasteiger partial charge in [0.05, 0.1) is 5.56 Å². The highest BCUT2D eigenvalue weighted by molar-refractivity contribution is 7.80. The molecule has 2 aromatic carbocycles. The number of thiol groups is 1. The minimum atomic E-state index is -0.394. The molecule has 2 aromatic rings. The molecule has 0 heterocycles. The summed E-state index contributed by atoms with van der Waals surface area (Å²) in [6.45, 7) is 0.560. The highest BCUT2D eigenvalue weighted by atomic mass is 32.1. The van der Waals surface area contributed by atoms with Crippen LogP contribution in [-0.2, 0) is 0 Å². The second kappa shape index (κ2) is 7.61. The van der Waals surface area contributed by atoms with Crippen LogP contribution in [0.3, 0.4) is 0 Å². The van der Waals surface area contributed by atoms with Gasteiger partial charge in [-0.25, -0.2) is 4.39 Å². The third-order valence-corrected chi connectivity index (χ3v) is 3.34. The molecule has 0 unspecified atom stereocenters. The molecule has 0 spiro atoms. The van der Waals surface area contributed by atoms with Crippen LogP contribution in [0.25, 0.3) is 0 Å². The number of carbonyl (C=O) groups excluding carboxylic acids is 2. The normalized spacial score (nSPS) is 10.1. The van der Waals surface area contributed by atoms with Gasteiger partial charge in [-0.15, -0.1) is 12.6 Å². The second-order valence-electron chi connectivity index (χ2n) is 4.54. The van der Waals surface area contributed by atoms with Crippen molar-refractivity contribution in [2.45, 2.75) is 4.90 Å². The Balaban J connectivity index is 1.77. The summed E-state index contributed by atoms with van der Waals surface area (Å²) in [6, 6.07) is 12.2. The van der Waals surface area contributed by atoms with Crippen LogP contribution in [0.2, 0.25) is 0 Å². The zero-order valence-corrected chi connectivity index (χ0v) is 12.6. The first-order chi connectivity index (χ1) is 10.6. The summed E-state index contributed by atoms with van der Waals surface area (Å²) >= 11 is 4.21. The van der Waals surface area contributed by atoms with E-state index in [2.05, 4.69) is 23.3 Å². The average molecular weight is 318 g/mol. The minimum absolute atomic E-state index is 0.248. The molecule has 114 valence electrons. The van der Waals surface area contributed by atoms with E-state index in [1.807, 2.05) is 0 Å². The van der Waals surface area contributed by atoms with Crippen molar-refractivity contribution in [2.75, 3.05) is 13.1 Å². The lowest BCUT2D eigenvalue weighted by atomic mass is 10.2. The van der Waals surface area contributed by atoms with Gasteiger partial charge in [-0.1, -0.05) is 12.1 Å². The van der Waals surface area contributed by atoms with Gasteiger partial charge in [-0.3, -0.25) is 9.59 Å². The van der Waals surface area contributed by atoms with E-state index in [0.29, 0.717) is 16.0 Å². The Morgan fingerprint density at radius 3 is 2.14 bits per heavy atom. The SMILES string of the molecule is O=C(NCCNC(=O)c1ccccc1S)c1ccc(F)cc1. The van der Waals surface area contributed by atoms with Crippen molar-refractivity contribution in [3.05, 3.63) is 65.5 Å². The van der Waals surface area contributed by atoms with Crippen LogP contribution in [0.15, 0.2) is 53.4 Å². The number of hydrogen-bond acceptors (Lipinski definition) is 3. The quantitative estimate of drug-likeness (QED) is 0.585. The molecule has 0 saturated carbocycles. The van der Waals surface area contributed by atoms with Crippen LogP contribution >= 0.6 is 12.6 Å². The third-order valence-electron chi connectivity index (χ3n) is 2.95. The fraction of sp³-hybridized carbons (Fsp3) is 0.125. The van der Waals surface area contributed by atoms with Crippen molar-refractivity contribution < 1.29 is 14.0 Å². The van der Waals surface area contributed by atoms with E-state index in [4.69, 9.17) is 0 Å². The van der Waals surface area contributed by atoms with E-state index in [0.717, 1.165) is 0 Å². The maximum absolute atomic E-state index is 12.8. The van der Waals surface area contributed by atoms with E-state index in [1.165, 1.54) is 24.3 Å². The van der Waals surface area contributed by atoms with Crippen molar-refractivity contribution >= 4 is 24.4 Å². The predicted molar refractivity (Wildman–Crippen MR) is 84.8 cm³/mol. The van der Waals surface area contributed by atoms with Gasteiger partial charge in [0.2, 0.25) is 0 Å². The number of amides is 2. The first kappa shape index (κ1) is 16.0. The van der Waals surface area contributed by atoms with Crippen LogP contribution in [0.4, 0.5) is 4.39 Å². The molecule has 0 bridgehead atoms. The zero-order valence-electron chi connectivity index (χ0n) is 11.7. The molecule has 4 nitrogen and oxygen atoms in total. The second-order valence-corrected chi connectivity index (χ2v) is 5.02. The van der Waals surface area contributed by atoms with E-state index in [1.54, 1.807) is 24.3 Å². The molecule has 6 heteroatoms. The molecule has 0 saturated heterocycles. The molecule has 0 atom stereocenters. The largest absolute Gasteiger partial charge is 0.350 e. The molecule has 0 aliphatic rings. The van der Waals surface area contributed by atoms with E-state index >= 15 is 0 Å². The van der Waals surface area contributed by atoms with Crippen LogP contribution in [0.1, 0.15) is 20.7 Å². The summed E-state index contributed by atoms with van der Waals surface area (Å²) in [5, 5.41) is 5.34. The van der Waals surface area contributed by atoms with Gasteiger partial charge < -0.3 is 10.6 Å². The van der Waals surface area contributed by atoms with E-state index in [-0.39, 0.29) is 24.9 Å². The summed E-state index contributed by atoms with van der Waals surface area (Å²) < 4.78 is 12.8. The number of halogens is 1. The fourth-order valence-electron chi connectivity index (χ4n) is 1.82. The molecule has 2 rings (SSSR count). The molecule has 0 radical (unpaired) electrons. The van der Waals surface area contributed by atoms with Crippen molar-refractivity contribution in [2.24, 2.45) is 0 Å². The number of benzene rings is 2. The Labute approximate surface area is 133 Å². The Morgan fingerprint density at radius 1 is 0.909 bits per heavy atom. The molecule has 2 N–H and O–H groups in total. The van der Waals surface area contributed by atoms with Gasteiger partial charge in [0.15, 0.2) is 0 Å². The Bertz CT molecular complexity index is 674. The summed E-state index contributed by atoms with van der Waals surface area (Å²) in [4.78, 5) is 24.3. The molecule has 0 fully saturated rings. The Hall–Kier alpha value is -2.34. The third kappa shape index (κ3) is 4.33. The van der Waals surface area contributed by atoms with Gasteiger partial charge in [-0.2, -0.15) is 0 Å². The van der Waals surface area contributed by atoms with Crippen molar-refractivity contribution in [3.8, 4) is 0 Å². The van der Waals surface area contributed by atoms with Gasteiger partial charge in [0.25, 0.3) is 11.8 Å². The summed E-state index contributed by atoms with van der Waals surface area (Å²) in [7, 11) is 0. The number of nitrogens with one attached hydrogen (secondary N) is 2. The molecule has 0 aromatic heterocycles. The van der Waals surface area contributed by atoms with Crippen molar-refractivity contribution in [1.82, 2.24) is 10.6 Å². The van der Waals surface area contributed by atoms with Crippen LogP contribution in [-0.4, -0.2) is 24.9 Å². The van der Waals surface area contributed by atoms with Crippen LogP contribution in [0.5, 0.6) is 0 Å². The van der Waals surface area contributed by atoms with Gasteiger partial charge in [-0.05, 0) is 36.4 Å².